The van der Waals surface area contributed by atoms with Gasteiger partial charge in [-0.3, -0.25) is 9.36 Å². The van der Waals surface area contributed by atoms with Crippen molar-refractivity contribution in [3.8, 4) is 22.8 Å². The van der Waals surface area contributed by atoms with Crippen LogP contribution in [0.3, 0.4) is 0 Å². The van der Waals surface area contributed by atoms with E-state index in [4.69, 9.17) is 16.3 Å². The number of hydrogen-bond donors (Lipinski definition) is 1. The number of halogens is 2. The van der Waals surface area contributed by atoms with Crippen molar-refractivity contribution in [3.05, 3.63) is 77.7 Å². The van der Waals surface area contributed by atoms with E-state index in [1.54, 1.807) is 34.9 Å². The Morgan fingerprint density at radius 1 is 1.12 bits per heavy atom. The Kier molecular flexibility index (Phi) is 7.21. The first-order valence-corrected chi connectivity index (χ1v) is 11.4. The number of para-hydroxylation sites is 1. The van der Waals surface area contributed by atoms with Crippen LogP contribution in [0.5, 0.6) is 5.75 Å². The number of benzene rings is 2. The van der Waals surface area contributed by atoms with E-state index >= 15 is 0 Å². The van der Waals surface area contributed by atoms with Crippen LogP contribution < -0.4 is 10.1 Å². The van der Waals surface area contributed by atoms with Crippen LogP contribution in [-0.2, 0) is 4.79 Å². The van der Waals surface area contributed by atoms with E-state index < -0.39 is 5.82 Å². The molecule has 0 aliphatic heterocycles. The number of anilines is 1. The van der Waals surface area contributed by atoms with Gasteiger partial charge in [0.1, 0.15) is 17.4 Å². The number of amides is 1. The minimum absolute atomic E-state index is 0.0279. The lowest BCUT2D eigenvalue weighted by molar-refractivity contribution is -0.113. The van der Waals surface area contributed by atoms with Crippen LogP contribution in [-0.4, -0.2) is 38.0 Å². The van der Waals surface area contributed by atoms with Gasteiger partial charge in [0.2, 0.25) is 5.91 Å². The quantitative estimate of drug-likeness (QED) is 0.345. The van der Waals surface area contributed by atoms with Gasteiger partial charge >= 0.3 is 0 Å². The third-order valence-electron chi connectivity index (χ3n) is 4.48. The fourth-order valence-electron chi connectivity index (χ4n) is 3.03. The molecule has 1 N–H and O–H groups in total. The Balaban J connectivity index is 1.60. The third-order valence-corrected chi connectivity index (χ3v) is 5.63. The number of nitrogens with zero attached hydrogens (tertiary/aromatic N) is 4. The summed E-state index contributed by atoms with van der Waals surface area (Å²) in [6.07, 6.45) is 1.45. The van der Waals surface area contributed by atoms with Gasteiger partial charge in [-0.15, -0.1) is 10.2 Å². The second-order valence-corrected chi connectivity index (χ2v) is 8.13. The number of aromatic nitrogens is 4. The maximum absolute atomic E-state index is 14.7. The molecule has 10 heteroatoms. The number of nitrogens with one attached hydrogen (secondary N) is 1. The second kappa shape index (κ2) is 10.5. The monoisotopic (exact) mass is 483 g/mol. The summed E-state index contributed by atoms with van der Waals surface area (Å²) in [6, 6.07) is 16.9. The summed E-state index contributed by atoms with van der Waals surface area (Å²) in [7, 11) is 0. The van der Waals surface area contributed by atoms with Crippen LogP contribution in [0.15, 0.2) is 72.0 Å². The molecule has 0 aliphatic rings. The molecule has 0 unspecified atom stereocenters. The standard InChI is InChI=1S/C23H19ClFN5O2S/c1-2-32-17-10-7-15(8-11-17)22-28-29-23(30(22)19-6-4-3-5-18(19)25)33-14-21(31)27-20-12-9-16(24)13-26-20/h3-13H,2,14H2,1H3,(H,26,27,31). The highest BCUT2D eigenvalue weighted by molar-refractivity contribution is 7.99. The molecular formula is C23H19ClFN5O2S. The highest BCUT2D eigenvalue weighted by atomic mass is 35.5. The van der Waals surface area contributed by atoms with E-state index in [0.29, 0.717) is 28.4 Å². The van der Waals surface area contributed by atoms with Gasteiger partial charge in [-0.2, -0.15) is 0 Å². The molecule has 0 fully saturated rings. The summed E-state index contributed by atoms with van der Waals surface area (Å²) in [4.78, 5) is 16.5. The molecule has 0 saturated heterocycles. The predicted octanol–water partition coefficient (Wildman–Crippen LogP) is 5.25. The number of pyridine rings is 1. The first-order chi connectivity index (χ1) is 16.0. The highest BCUT2D eigenvalue weighted by Gasteiger charge is 2.19. The summed E-state index contributed by atoms with van der Waals surface area (Å²) < 4.78 is 21.8. The number of hydrogen-bond acceptors (Lipinski definition) is 6. The SMILES string of the molecule is CCOc1ccc(-c2nnc(SCC(=O)Nc3ccc(Cl)cn3)n2-c2ccccc2F)cc1. The average molecular weight is 484 g/mol. The molecule has 0 aliphatic carbocycles. The van der Waals surface area contributed by atoms with Crippen molar-refractivity contribution in [2.75, 3.05) is 17.7 Å². The number of thioether (sulfide) groups is 1. The highest BCUT2D eigenvalue weighted by Crippen LogP contribution is 2.30. The van der Waals surface area contributed by atoms with Gasteiger partial charge in [0.05, 0.1) is 23.1 Å². The minimum atomic E-state index is -0.429. The zero-order chi connectivity index (χ0) is 23.2. The largest absolute Gasteiger partial charge is 0.494 e. The molecule has 4 rings (SSSR count). The summed E-state index contributed by atoms with van der Waals surface area (Å²) in [5, 5.41) is 12.0. The van der Waals surface area contributed by atoms with E-state index in [1.165, 1.54) is 12.3 Å². The lowest BCUT2D eigenvalue weighted by Gasteiger charge is -2.12. The lowest BCUT2D eigenvalue weighted by Crippen LogP contribution is -2.15. The zero-order valence-electron chi connectivity index (χ0n) is 17.5. The fraction of sp³-hybridized carbons (Fsp3) is 0.130. The Hall–Kier alpha value is -3.43. The molecule has 33 heavy (non-hydrogen) atoms. The number of carbonyl (C=O) groups excluding carboxylic acids is 1. The van der Waals surface area contributed by atoms with Crippen LogP contribution in [0, 0.1) is 5.82 Å². The fourth-order valence-corrected chi connectivity index (χ4v) is 3.88. The van der Waals surface area contributed by atoms with Crippen molar-refractivity contribution >= 4 is 35.1 Å². The molecule has 0 atom stereocenters. The van der Waals surface area contributed by atoms with Crippen LogP contribution in [0.1, 0.15) is 6.92 Å². The van der Waals surface area contributed by atoms with Gasteiger partial charge in [0.25, 0.3) is 0 Å². The maximum atomic E-state index is 14.7. The van der Waals surface area contributed by atoms with E-state index in [-0.39, 0.29) is 17.3 Å². The number of ether oxygens (including phenoxy) is 1. The second-order valence-electron chi connectivity index (χ2n) is 6.75. The Bertz CT molecular complexity index is 1250. The van der Waals surface area contributed by atoms with Crippen molar-refractivity contribution in [2.24, 2.45) is 0 Å². The topological polar surface area (TPSA) is 81.9 Å². The molecule has 0 radical (unpaired) electrons. The molecule has 4 aromatic rings. The summed E-state index contributed by atoms with van der Waals surface area (Å²) >= 11 is 6.96. The maximum Gasteiger partial charge on any atom is 0.236 e. The van der Waals surface area contributed by atoms with Crippen molar-refractivity contribution in [1.82, 2.24) is 19.7 Å². The predicted molar refractivity (Wildman–Crippen MR) is 127 cm³/mol. The van der Waals surface area contributed by atoms with Crippen molar-refractivity contribution in [1.29, 1.82) is 0 Å². The first-order valence-electron chi connectivity index (χ1n) is 10.0. The Labute approximate surface area is 199 Å². The molecule has 2 aromatic heterocycles. The van der Waals surface area contributed by atoms with E-state index in [9.17, 15) is 9.18 Å². The van der Waals surface area contributed by atoms with Crippen LogP contribution in [0.2, 0.25) is 5.02 Å². The normalized spacial score (nSPS) is 10.8. The van der Waals surface area contributed by atoms with Gasteiger partial charge < -0.3 is 10.1 Å². The van der Waals surface area contributed by atoms with Crippen LogP contribution in [0.25, 0.3) is 17.1 Å². The molecular weight excluding hydrogens is 465 g/mol. The summed E-state index contributed by atoms with van der Waals surface area (Å²) in [6.45, 7) is 2.46. The smallest absolute Gasteiger partial charge is 0.236 e. The molecule has 1 amide bonds. The van der Waals surface area contributed by atoms with Crippen molar-refractivity contribution in [3.63, 3.8) is 0 Å². The molecule has 0 bridgehead atoms. The molecule has 2 heterocycles. The van der Waals surface area contributed by atoms with Gasteiger partial charge in [-0.1, -0.05) is 35.5 Å². The number of carbonyl (C=O) groups is 1. The molecule has 168 valence electrons. The van der Waals surface area contributed by atoms with Gasteiger partial charge in [-0.25, -0.2) is 9.37 Å². The van der Waals surface area contributed by atoms with Gasteiger partial charge in [-0.05, 0) is 55.5 Å². The van der Waals surface area contributed by atoms with Gasteiger partial charge in [0.15, 0.2) is 11.0 Å². The first kappa shape index (κ1) is 22.8. The number of rotatable bonds is 8. The average Bonchev–Trinajstić information content (AvgIpc) is 3.24. The van der Waals surface area contributed by atoms with Crippen molar-refractivity contribution in [2.45, 2.75) is 12.1 Å². The molecule has 0 saturated carbocycles. The Morgan fingerprint density at radius 3 is 2.61 bits per heavy atom. The van der Waals surface area contributed by atoms with Crippen LogP contribution >= 0.6 is 23.4 Å². The third kappa shape index (κ3) is 5.50. The van der Waals surface area contributed by atoms with Crippen molar-refractivity contribution < 1.29 is 13.9 Å². The minimum Gasteiger partial charge on any atom is -0.494 e. The molecule has 7 nitrogen and oxygen atoms in total. The summed E-state index contributed by atoms with van der Waals surface area (Å²) in [5.74, 6) is 0.864. The summed E-state index contributed by atoms with van der Waals surface area (Å²) in [5.41, 5.74) is 1.02. The lowest BCUT2D eigenvalue weighted by atomic mass is 10.2. The molecule has 0 spiro atoms. The molecule has 2 aromatic carbocycles. The van der Waals surface area contributed by atoms with Crippen LogP contribution in [0.4, 0.5) is 10.2 Å². The Morgan fingerprint density at radius 2 is 1.91 bits per heavy atom. The van der Waals surface area contributed by atoms with Gasteiger partial charge in [0, 0.05) is 11.8 Å². The van der Waals surface area contributed by atoms with E-state index in [1.807, 2.05) is 31.2 Å². The van der Waals surface area contributed by atoms with E-state index in [0.717, 1.165) is 23.1 Å². The zero-order valence-corrected chi connectivity index (χ0v) is 19.1. The van der Waals surface area contributed by atoms with E-state index in [2.05, 4.69) is 20.5 Å².